The SMILES string of the molecule is CSC1CCCC1n1[nH]nnc1=S. The predicted molar refractivity (Wildman–Crippen MR) is 55.4 cm³/mol. The number of aromatic nitrogens is 4. The molecular weight excluding hydrogens is 204 g/mol. The first-order valence-electron chi connectivity index (χ1n) is 4.35. The summed E-state index contributed by atoms with van der Waals surface area (Å²) in [6, 6.07) is 0.470. The van der Waals surface area contributed by atoms with Crippen molar-refractivity contribution in [3.63, 3.8) is 0 Å². The van der Waals surface area contributed by atoms with Crippen LogP contribution < -0.4 is 0 Å². The van der Waals surface area contributed by atoms with Gasteiger partial charge in [-0.05, 0) is 31.3 Å². The number of hydrogen-bond acceptors (Lipinski definition) is 4. The van der Waals surface area contributed by atoms with Crippen molar-refractivity contribution in [2.45, 2.75) is 30.6 Å². The van der Waals surface area contributed by atoms with Crippen LogP contribution in [0.1, 0.15) is 25.3 Å². The van der Waals surface area contributed by atoms with Crippen molar-refractivity contribution in [1.29, 1.82) is 0 Å². The molecule has 0 saturated heterocycles. The van der Waals surface area contributed by atoms with Gasteiger partial charge in [-0.15, -0.1) is 0 Å². The van der Waals surface area contributed by atoms with E-state index in [1.54, 1.807) is 0 Å². The van der Waals surface area contributed by atoms with Crippen molar-refractivity contribution in [1.82, 2.24) is 20.2 Å². The molecule has 1 aliphatic carbocycles. The molecule has 4 nitrogen and oxygen atoms in total. The molecule has 0 aromatic carbocycles. The first kappa shape index (κ1) is 9.21. The first-order chi connectivity index (χ1) is 6.33. The highest BCUT2D eigenvalue weighted by molar-refractivity contribution is 7.99. The summed E-state index contributed by atoms with van der Waals surface area (Å²) >= 11 is 6.98. The van der Waals surface area contributed by atoms with E-state index in [-0.39, 0.29) is 0 Å². The van der Waals surface area contributed by atoms with Crippen LogP contribution in [0.3, 0.4) is 0 Å². The highest BCUT2D eigenvalue weighted by Crippen LogP contribution is 2.36. The lowest BCUT2D eigenvalue weighted by Crippen LogP contribution is -2.17. The standard InChI is InChI=1S/C7H12N4S2/c1-13-6-4-2-3-5(6)11-7(12)8-9-10-11/h5-6H,2-4H2,1H3,(H,8,10,12). The molecule has 72 valence electrons. The predicted octanol–water partition coefficient (Wildman–Crippen LogP) is 1.79. The molecule has 1 aliphatic rings. The third kappa shape index (κ3) is 1.65. The summed E-state index contributed by atoms with van der Waals surface area (Å²) in [5.41, 5.74) is 0. The van der Waals surface area contributed by atoms with Gasteiger partial charge in [0.2, 0.25) is 4.77 Å². The second-order valence-electron chi connectivity index (χ2n) is 3.22. The topological polar surface area (TPSA) is 46.5 Å². The monoisotopic (exact) mass is 216 g/mol. The number of nitrogens with zero attached hydrogens (tertiary/aromatic N) is 3. The van der Waals surface area contributed by atoms with E-state index < -0.39 is 0 Å². The second-order valence-corrected chi connectivity index (χ2v) is 4.67. The summed E-state index contributed by atoms with van der Waals surface area (Å²) in [7, 11) is 0. The van der Waals surface area contributed by atoms with Crippen LogP contribution in [0.25, 0.3) is 0 Å². The minimum atomic E-state index is 0.470. The van der Waals surface area contributed by atoms with Crippen molar-refractivity contribution in [2.75, 3.05) is 6.26 Å². The third-order valence-electron chi connectivity index (χ3n) is 2.55. The van der Waals surface area contributed by atoms with E-state index in [0.29, 0.717) is 16.1 Å². The fourth-order valence-electron chi connectivity index (χ4n) is 1.90. The third-order valence-corrected chi connectivity index (χ3v) is 3.98. The lowest BCUT2D eigenvalue weighted by Gasteiger charge is -2.16. The summed E-state index contributed by atoms with van der Waals surface area (Å²) in [6.45, 7) is 0. The van der Waals surface area contributed by atoms with Crippen LogP contribution in [-0.2, 0) is 0 Å². The van der Waals surface area contributed by atoms with Gasteiger partial charge in [0.1, 0.15) is 0 Å². The Morgan fingerprint density at radius 1 is 1.62 bits per heavy atom. The maximum Gasteiger partial charge on any atom is 0.238 e. The van der Waals surface area contributed by atoms with Gasteiger partial charge in [0.05, 0.1) is 6.04 Å². The number of aromatic amines is 1. The molecule has 1 aromatic heterocycles. The zero-order valence-corrected chi connectivity index (χ0v) is 9.07. The lowest BCUT2D eigenvalue weighted by molar-refractivity contribution is 0.457. The number of hydrogen-bond donors (Lipinski definition) is 1. The fourth-order valence-corrected chi connectivity index (χ4v) is 3.09. The Labute approximate surface area is 86.1 Å². The molecule has 0 amide bonds. The van der Waals surface area contributed by atoms with Gasteiger partial charge in [-0.3, -0.25) is 0 Å². The molecule has 13 heavy (non-hydrogen) atoms. The van der Waals surface area contributed by atoms with E-state index in [4.69, 9.17) is 12.2 Å². The van der Waals surface area contributed by atoms with Gasteiger partial charge < -0.3 is 0 Å². The van der Waals surface area contributed by atoms with Crippen molar-refractivity contribution in [3.05, 3.63) is 4.77 Å². The molecule has 0 radical (unpaired) electrons. The summed E-state index contributed by atoms with van der Waals surface area (Å²) < 4.78 is 2.50. The Kier molecular flexibility index (Phi) is 2.69. The van der Waals surface area contributed by atoms with Crippen molar-refractivity contribution >= 4 is 24.0 Å². The summed E-state index contributed by atoms with van der Waals surface area (Å²) in [4.78, 5) is 0. The minimum Gasteiger partial charge on any atom is -0.238 e. The largest absolute Gasteiger partial charge is 0.238 e. The van der Waals surface area contributed by atoms with Gasteiger partial charge in [0.15, 0.2) is 0 Å². The van der Waals surface area contributed by atoms with Gasteiger partial charge in [0, 0.05) is 5.25 Å². The number of nitrogens with one attached hydrogen (secondary N) is 1. The highest BCUT2D eigenvalue weighted by atomic mass is 32.2. The van der Waals surface area contributed by atoms with Crippen LogP contribution in [0, 0.1) is 4.77 Å². The minimum absolute atomic E-state index is 0.470. The molecule has 0 spiro atoms. The molecule has 1 fully saturated rings. The van der Waals surface area contributed by atoms with Crippen LogP contribution in [0.5, 0.6) is 0 Å². The van der Waals surface area contributed by atoms with E-state index in [0.717, 1.165) is 0 Å². The van der Waals surface area contributed by atoms with Crippen molar-refractivity contribution < 1.29 is 0 Å². The molecule has 1 saturated carbocycles. The summed E-state index contributed by atoms with van der Waals surface area (Å²) in [5, 5.41) is 11.0. The Balaban J connectivity index is 2.26. The molecule has 0 bridgehead atoms. The van der Waals surface area contributed by atoms with Crippen LogP contribution in [0.4, 0.5) is 0 Å². The Hall–Kier alpha value is -0.360. The van der Waals surface area contributed by atoms with Gasteiger partial charge in [0.25, 0.3) is 0 Å². The van der Waals surface area contributed by atoms with Crippen LogP contribution in [0.15, 0.2) is 0 Å². The molecular formula is C7H12N4S2. The maximum absolute atomic E-state index is 5.07. The van der Waals surface area contributed by atoms with Gasteiger partial charge in [-0.2, -0.15) is 17.0 Å². The van der Waals surface area contributed by atoms with Crippen LogP contribution >= 0.6 is 24.0 Å². The smallest absolute Gasteiger partial charge is 0.238 e. The average Bonchev–Trinajstić information content (AvgIpc) is 2.71. The van der Waals surface area contributed by atoms with E-state index >= 15 is 0 Å². The average molecular weight is 216 g/mol. The summed E-state index contributed by atoms with van der Waals surface area (Å²) in [5.74, 6) is 0. The molecule has 1 aromatic rings. The van der Waals surface area contributed by atoms with Crippen LogP contribution in [0.2, 0.25) is 0 Å². The van der Waals surface area contributed by atoms with Gasteiger partial charge in [-0.1, -0.05) is 16.7 Å². The van der Waals surface area contributed by atoms with Crippen molar-refractivity contribution in [3.8, 4) is 0 Å². The quantitative estimate of drug-likeness (QED) is 0.766. The van der Waals surface area contributed by atoms with E-state index in [1.807, 2.05) is 16.4 Å². The molecule has 2 rings (SSSR count). The number of thioether (sulfide) groups is 1. The van der Waals surface area contributed by atoms with Gasteiger partial charge in [-0.25, -0.2) is 4.68 Å². The zero-order chi connectivity index (χ0) is 9.26. The van der Waals surface area contributed by atoms with Crippen molar-refractivity contribution in [2.24, 2.45) is 0 Å². The van der Waals surface area contributed by atoms with Gasteiger partial charge >= 0.3 is 0 Å². The van der Waals surface area contributed by atoms with E-state index in [2.05, 4.69) is 21.8 Å². The highest BCUT2D eigenvalue weighted by Gasteiger charge is 2.28. The normalized spacial score (nSPS) is 28.1. The second kappa shape index (κ2) is 3.79. The number of tetrazole rings is 1. The molecule has 2 atom stereocenters. The first-order valence-corrected chi connectivity index (χ1v) is 6.05. The maximum atomic E-state index is 5.07. The summed E-state index contributed by atoms with van der Waals surface area (Å²) in [6.07, 6.45) is 5.88. The number of H-pyrrole nitrogens is 1. The molecule has 2 unspecified atom stereocenters. The molecule has 1 N–H and O–H groups in total. The van der Waals surface area contributed by atoms with Crippen LogP contribution in [-0.4, -0.2) is 31.7 Å². The molecule has 0 aliphatic heterocycles. The zero-order valence-electron chi connectivity index (χ0n) is 7.43. The fraction of sp³-hybridized carbons (Fsp3) is 0.857. The Morgan fingerprint density at radius 3 is 3.08 bits per heavy atom. The van der Waals surface area contributed by atoms with E-state index in [9.17, 15) is 0 Å². The Morgan fingerprint density at radius 2 is 2.46 bits per heavy atom. The number of rotatable bonds is 2. The van der Waals surface area contributed by atoms with E-state index in [1.165, 1.54) is 19.3 Å². The molecule has 1 heterocycles. The lowest BCUT2D eigenvalue weighted by atomic mass is 10.2. The molecule has 6 heteroatoms. The Bertz CT molecular complexity index is 331.